The lowest BCUT2D eigenvalue weighted by molar-refractivity contribution is 0.352. The van der Waals surface area contributed by atoms with Crippen LogP contribution in [0.2, 0.25) is 0 Å². The minimum atomic E-state index is 0.796. The van der Waals surface area contributed by atoms with Crippen molar-refractivity contribution < 1.29 is 0 Å². The maximum atomic E-state index is 4.88. The molecule has 1 aliphatic rings. The van der Waals surface area contributed by atoms with Gasteiger partial charge in [0.05, 0.1) is 16.7 Å². The molecule has 0 amide bonds. The fourth-order valence-electron chi connectivity index (χ4n) is 3.43. The lowest BCUT2D eigenvalue weighted by Crippen LogP contribution is -2.26. The van der Waals surface area contributed by atoms with E-state index >= 15 is 0 Å². The monoisotopic (exact) mass is 332 g/mol. The topological polar surface area (TPSA) is 41.1 Å². The molecule has 1 N–H and O–H groups in total. The summed E-state index contributed by atoms with van der Waals surface area (Å²) in [7, 11) is 0. The molecule has 0 atom stereocenters. The lowest BCUT2D eigenvalue weighted by Gasteiger charge is -2.16. The highest BCUT2D eigenvalue weighted by Gasteiger charge is 2.13. The van der Waals surface area contributed by atoms with E-state index < -0.39 is 0 Å². The van der Waals surface area contributed by atoms with Gasteiger partial charge in [-0.1, -0.05) is 42.5 Å². The first-order valence-corrected chi connectivity index (χ1v) is 9.14. The van der Waals surface area contributed by atoms with Crippen molar-refractivity contribution in [2.75, 3.05) is 31.5 Å². The van der Waals surface area contributed by atoms with Crippen LogP contribution >= 0.6 is 0 Å². The number of benzene rings is 2. The van der Waals surface area contributed by atoms with Crippen molar-refractivity contribution in [1.82, 2.24) is 14.9 Å². The molecule has 1 saturated heterocycles. The van der Waals surface area contributed by atoms with E-state index in [1.54, 1.807) is 0 Å². The number of nitrogens with zero attached hydrogens (tertiary/aromatic N) is 3. The van der Waals surface area contributed by atoms with Gasteiger partial charge in [-0.3, -0.25) is 0 Å². The summed E-state index contributed by atoms with van der Waals surface area (Å²) in [6, 6.07) is 18.6. The van der Waals surface area contributed by atoms with Crippen LogP contribution in [0.3, 0.4) is 0 Å². The Labute approximate surface area is 148 Å². The first-order valence-electron chi connectivity index (χ1n) is 9.14. The Morgan fingerprint density at radius 3 is 2.28 bits per heavy atom. The first-order chi connectivity index (χ1) is 12.4. The standard InChI is InChI=1S/C21H24N4/c1-2-8-17(9-3-1)16-20-21(22-12-15-25-13-6-7-14-25)24-19-11-5-4-10-18(19)23-20/h1-5,8-11H,6-7,12-16H2,(H,22,24). The van der Waals surface area contributed by atoms with Crippen LogP contribution in [-0.4, -0.2) is 41.0 Å². The van der Waals surface area contributed by atoms with Crippen LogP contribution < -0.4 is 5.32 Å². The van der Waals surface area contributed by atoms with Crippen molar-refractivity contribution >= 4 is 16.9 Å². The number of anilines is 1. The van der Waals surface area contributed by atoms with E-state index in [-0.39, 0.29) is 0 Å². The van der Waals surface area contributed by atoms with Gasteiger partial charge in [-0.2, -0.15) is 0 Å². The molecule has 25 heavy (non-hydrogen) atoms. The molecule has 128 valence electrons. The molecule has 4 rings (SSSR count). The SMILES string of the molecule is c1ccc(Cc2nc3ccccc3nc2NCCN2CCCC2)cc1. The van der Waals surface area contributed by atoms with Gasteiger partial charge in [0, 0.05) is 19.5 Å². The van der Waals surface area contributed by atoms with Crippen molar-refractivity contribution in [2.45, 2.75) is 19.3 Å². The molecular formula is C21H24N4. The summed E-state index contributed by atoms with van der Waals surface area (Å²) in [6.07, 6.45) is 3.45. The van der Waals surface area contributed by atoms with Crippen molar-refractivity contribution in [3.63, 3.8) is 0 Å². The molecule has 0 aliphatic carbocycles. The second kappa shape index (κ2) is 7.62. The Morgan fingerprint density at radius 2 is 1.52 bits per heavy atom. The summed E-state index contributed by atoms with van der Waals surface area (Å²) in [5.74, 6) is 0.918. The maximum absolute atomic E-state index is 4.88. The predicted molar refractivity (Wildman–Crippen MR) is 103 cm³/mol. The smallest absolute Gasteiger partial charge is 0.148 e. The molecule has 4 nitrogen and oxygen atoms in total. The van der Waals surface area contributed by atoms with Gasteiger partial charge in [-0.25, -0.2) is 9.97 Å². The van der Waals surface area contributed by atoms with E-state index in [1.165, 1.54) is 31.5 Å². The van der Waals surface area contributed by atoms with Crippen molar-refractivity contribution in [3.05, 3.63) is 65.9 Å². The maximum Gasteiger partial charge on any atom is 0.148 e. The van der Waals surface area contributed by atoms with Crippen LogP contribution in [0.1, 0.15) is 24.1 Å². The first kappa shape index (κ1) is 16.0. The van der Waals surface area contributed by atoms with Crippen LogP contribution in [0.25, 0.3) is 11.0 Å². The van der Waals surface area contributed by atoms with E-state index in [0.717, 1.165) is 42.1 Å². The molecule has 1 aromatic heterocycles. The fraction of sp³-hybridized carbons (Fsp3) is 0.333. The summed E-state index contributed by atoms with van der Waals surface area (Å²) in [5, 5.41) is 3.54. The predicted octanol–water partition coefficient (Wildman–Crippen LogP) is 3.73. The Bertz CT molecular complexity index is 826. The van der Waals surface area contributed by atoms with E-state index in [0.29, 0.717) is 0 Å². The number of rotatable bonds is 6. The van der Waals surface area contributed by atoms with Crippen LogP contribution in [0.15, 0.2) is 54.6 Å². The molecule has 0 bridgehead atoms. The zero-order valence-corrected chi connectivity index (χ0v) is 14.5. The normalized spacial score (nSPS) is 14.9. The number of hydrogen-bond donors (Lipinski definition) is 1. The number of nitrogens with one attached hydrogen (secondary N) is 1. The third kappa shape index (κ3) is 3.97. The van der Waals surface area contributed by atoms with E-state index in [2.05, 4.69) is 34.5 Å². The molecule has 0 radical (unpaired) electrons. The molecule has 2 aromatic carbocycles. The van der Waals surface area contributed by atoms with Gasteiger partial charge in [-0.15, -0.1) is 0 Å². The quantitative estimate of drug-likeness (QED) is 0.747. The minimum Gasteiger partial charge on any atom is -0.367 e. The molecule has 4 heteroatoms. The number of fused-ring (bicyclic) bond motifs is 1. The lowest BCUT2D eigenvalue weighted by atomic mass is 10.1. The molecule has 2 heterocycles. The van der Waals surface area contributed by atoms with Gasteiger partial charge in [0.15, 0.2) is 0 Å². The number of aromatic nitrogens is 2. The highest BCUT2D eigenvalue weighted by Crippen LogP contribution is 2.20. The van der Waals surface area contributed by atoms with Gasteiger partial charge < -0.3 is 10.2 Å². The molecule has 1 fully saturated rings. The second-order valence-electron chi connectivity index (χ2n) is 6.65. The van der Waals surface area contributed by atoms with E-state index in [4.69, 9.17) is 9.97 Å². The third-order valence-corrected chi connectivity index (χ3v) is 4.78. The highest BCUT2D eigenvalue weighted by molar-refractivity contribution is 5.76. The Kier molecular flexibility index (Phi) is 4.89. The largest absolute Gasteiger partial charge is 0.367 e. The average Bonchev–Trinajstić information content (AvgIpc) is 3.16. The minimum absolute atomic E-state index is 0.796. The van der Waals surface area contributed by atoms with Gasteiger partial charge >= 0.3 is 0 Å². The molecule has 0 spiro atoms. The summed E-state index contributed by atoms with van der Waals surface area (Å²) < 4.78 is 0. The number of para-hydroxylation sites is 2. The fourth-order valence-corrected chi connectivity index (χ4v) is 3.43. The highest BCUT2D eigenvalue weighted by atomic mass is 15.2. The second-order valence-corrected chi connectivity index (χ2v) is 6.65. The Hall–Kier alpha value is -2.46. The zero-order valence-electron chi connectivity index (χ0n) is 14.5. The van der Waals surface area contributed by atoms with Crippen molar-refractivity contribution in [3.8, 4) is 0 Å². The summed E-state index contributed by atoms with van der Waals surface area (Å²) in [5.41, 5.74) is 4.18. The summed E-state index contributed by atoms with van der Waals surface area (Å²) in [4.78, 5) is 12.2. The number of hydrogen-bond acceptors (Lipinski definition) is 4. The zero-order chi connectivity index (χ0) is 16.9. The molecule has 1 aliphatic heterocycles. The van der Waals surface area contributed by atoms with E-state index in [1.807, 2.05) is 30.3 Å². The van der Waals surface area contributed by atoms with Gasteiger partial charge in [0.2, 0.25) is 0 Å². The molecule has 0 unspecified atom stereocenters. The van der Waals surface area contributed by atoms with Gasteiger partial charge in [0.1, 0.15) is 5.82 Å². The Balaban J connectivity index is 1.56. The third-order valence-electron chi connectivity index (χ3n) is 4.78. The van der Waals surface area contributed by atoms with Crippen LogP contribution in [0.5, 0.6) is 0 Å². The average molecular weight is 332 g/mol. The van der Waals surface area contributed by atoms with Crippen LogP contribution in [0, 0.1) is 0 Å². The Morgan fingerprint density at radius 1 is 0.840 bits per heavy atom. The summed E-state index contributed by atoms with van der Waals surface area (Å²) in [6.45, 7) is 4.43. The molecule has 3 aromatic rings. The van der Waals surface area contributed by atoms with Crippen LogP contribution in [-0.2, 0) is 6.42 Å². The van der Waals surface area contributed by atoms with Crippen LogP contribution in [0.4, 0.5) is 5.82 Å². The number of likely N-dealkylation sites (tertiary alicyclic amines) is 1. The van der Waals surface area contributed by atoms with Gasteiger partial charge in [0.25, 0.3) is 0 Å². The van der Waals surface area contributed by atoms with Gasteiger partial charge in [-0.05, 0) is 43.6 Å². The molecular weight excluding hydrogens is 308 g/mol. The van der Waals surface area contributed by atoms with Crippen molar-refractivity contribution in [1.29, 1.82) is 0 Å². The van der Waals surface area contributed by atoms with E-state index in [9.17, 15) is 0 Å². The summed E-state index contributed by atoms with van der Waals surface area (Å²) >= 11 is 0. The molecule has 0 saturated carbocycles. The van der Waals surface area contributed by atoms with Crippen molar-refractivity contribution in [2.24, 2.45) is 0 Å².